The van der Waals surface area contributed by atoms with Crippen LogP contribution in [0.15, 0.2) is 199 Å². The molecular weight excluding hydrogens is 919 g/mol. The Hall–Kier alpha value is -8.83. The summed E-state index contributed by atoms with van der Waals surface area (Å²) in [6.45, 7) is 3.27. The Morgan fingerprint density at radius 1 is 0.403 bits per heavy atom. The Morgan fingerprint density at radius 2 is 0.972 bits per heavy atom. The van der Waals surface area contributed by atoms with Crippen molar-refractivity contribution in [1.82, 2.24) is 19.5 Å². The van der Waals surface area contributed by atoms with Gasteiger partial charge in [-0.2, -0.15) is 26.3 Å². The number of nitrogens with zero attached hydrogens (tertiary/aromatic N) is 4. The number of halogens is 6. The van der Waals surface area contributed by atoms with Crippen molar-refractivity contribution in [3.63, 3.8) is 0 Å². The maximum absolute atomic E-state index is 14.9. The molecule has 0 spiro atoms. The lowest BCUT2D eigenvalue weighted by Gasteiger charge is -2.18. The first-order valence-electron chi connectivity index (χ1n) is 23.1. The Morgan fingerprint density at radius 3 is 1.61 bits per heavy atom. The van der Waals surface area contributed by atoms with Crippen molar-refractivity contribution in [2.24, 2.45) is 0 Å². The van der Waals surface area contributed by atoms with Crippen LogP contribution in [0.1, 0.15) is 22.3 Å². The van der Waals surface area contributed by atoms with Gasteiger partial charge in [-0.3, -0.25) is 0 Å². The molecule has 0 aliphatic rings. The van der Waals surface area contributed by atoms with Gasteiger partial charge >= 0.3 is 12.4 Å². The lowest BCUT2D eigenvalue weighted by Crippen LogP contribution is -2.07. The van der Waals surface area contributed by atoms with Gasteiger partial charge in [0, 0.05) is 43.8 Å². The molecule has 0 atom stereocenters. The van der Waals surface area contributed by atoms with E-state index in [0.29, 0.717) is 73.2 Å². The van der Waals surface area contributed by atoms with E-state index >= 15 is 0 Å². The van der Waals surface area contributed by atoms with Crippen LogP contribution in [0.4, 0.5) is 26.3 Å². The van der Waals surface area contributed by atoms with Crippen molar-refractivity contribution < 1.29 is 30.8 Å². The Bertz CT molecular complexity index is 4040. The second kappa shape index (κ2) is 16.9. The number of aromatic nitrogens is 4. The van der Waals surface area contributed by atoms with Crippen molar-refractivity contribution in [1.29, 1.82) is 0 Å². The van der Waals surface area contributed by atoms with E-state index < -0.39 is 23.5 Å². The zero-order valence-corrected chi connectivity index (χ0v) is 38.4. The molecule has 3 heterocycles. The van der Waals surface area contributed by atoms with E-state index in [1.54, 1.807) is 32.0 Å². The standard InChI is InChI=1S/C61H38F6N4O/c1-35-20-25-44(51(30-35)61(65,66)67)41-22-27-47-46-26-21-40(43-28-24-42(31-36(43)2)60(62,63)64)33-53(46)71(54(47)34-41)52-29-23-39(45-17-11-18-49-48-16-9-10-19-55(48)72-56(45)49)32-50(52)59-69-57(37-12-5-3-6-13-37)68-58(70-59)38-14-7-4-8-15-38/h3-34H,1-2H3. The minimum absolute atomic E-state index is 0.0137. The first-order valence-corrected chi connectivity index (χ1v) is 23.1. The Kier molecular flexibility index (Phi) is 10.4. The second-order valence-electron chi connectivity index (χ2n) is 17.9. The van der Waals surface area contributed by atoms with Gasteiger partial charge in [-0.05, 0) is 95.8 Å². The molecule has 0 aliphatic carbocycles. The van der Waals surface area contributed by atoms with Crippen LogP contribution < -0.4 is 0 Å². The van der Waals surface area contributed by atoms with Crippen molar-refractivity contribution in [3.8, 4) is 73.2 Å². The Balaban J connectivity index is 1.19. The van der Waals surface area contributed by atoms with Crippen LogP contribution in [0.5, 0.6) is 0 Å². The van der Waals surface area contributed by atoms with Gasteiger partial charge in [-0.25, -0.2) is 15.0 Å². The van der Waals surface area contributed by atoms with Crippen LogP contribution in [0, 0.1) is 13.8 Å². The molecule has 0 bridgehead atoms. The predicted molar refractivity (Wildman–Crippen MR) is 274 cm³/mol. The summed E-state index contributed by atoms with van der Waals surface area (Å²) in [5.41, 5.74) is 7.81. The molecule has 5 nitrogen and oxygen atoms in total. The summed E-state index contributed by atoms with van der Waals surface area (Å²) in [4.78, 5) is 15.4. The number of para-hydroxylation sites is 2. The summed E-state index contributed by atoms with van der Waals surface area (Å²) in [6, 6.07) is 57.9. The highest BCUT2D eigenvalue weighted by atomic mass is 19.4. The van der Waals surface area contributed by atoms with E-state index in [-0.39, 0.29) is 5.56 Å². The van der Waals surface area contributed by atoms with Gasteiger partial charge < -0.3 is 8.98 Å². The molecule has 0 radical (unpaired) electrons. The first kappa shape index (κ1) is 44.4. The molecule has 72 heavy (non-hydrogen) atoms. The molecule has 350 valence electrons. The fraction of sp³-hybridized carbons (Fsp3) is 0.0656. The third kappa shape index (κ3) is 7.74. The van der Waals surface area contributed by atoms with Crippen LogP contribution in [-0.4, -0.2) is 19.5 Å². The number of benzene rings is 9. The van der Waals surface area contributed by atoms with E-state index in [4.69, 9.17) is 19.4 Å². The van der Waals surface area contributed by atoms with Crippen LogP contribution in [-0.2, 0) is 12.4 Å². The third-order valence-electron chi connectivity index (χ3n) is 13.3. The maximum Gasteiger partial charge on any atom is 0.417 e. The summed E-state index contributed by atoms with van der Waals surface area (Å²) < 4.78 is 94.9. The van der Waals surface area contributed by atoms with Crippen molar-refractivity contribution >= 4 is 43.7 Å². The minimum atomic E-state index is -4.64. The summed E-state index contributed by atoms with van der Waals surface area (Å²) in [6.07, 6.45) is -9.18. The van der Waals surface area contributed by atoms with E-state index in [1.807, 2.05) is 150 Å². The molecule has 0 aliphatic heterocycles. The highest BCUT2D eigenvalue weighted by Gasteiger charge is 2.34. The van der Waals surface area contributed by atoms with Crippen molar-refractivity contribution in [3.05, 3.63) is 216 Å². The van der Waals surface area contributed by atoms with E-state index in [2.05, 4.69) is 0 Å². The summed E-state index contributed by atoms with van der Waals surface area (Å²) >= 11 is 0. The van der Waals surface area contributed by atoms with E-state index in [9.17, 15) is 26.3 Å². The molecule has 0 saturated carbocycles. The van der Waals surface area contributed by atoms with Gasteiger partial charge in [0.25, 0.3) is 0 Å². The number of hydrogen-bond donors (Lipinski definition) is 0. The number of hydrogen-bond acceptors (Lipinski definition) is 4. The number of furan rings is 1. The minimum Gasteiger partial charge on any atom is -0.455 e. The topological polar surface area (TPSA) is 56.7 Å². The predicted octanol–water partition coefficient (Wildman–Crippen LogP) is 17.5. The number of aryl methyl sites for hydroxylation is 2. The van der Waals surface area contributed by atoms with Gasteiger partial charge in [0.05, 0.1) is 27.8 Å². The molecule has 0 saturated heterocycles. The van der Waals surface area contributed by atoms with Crippen LogP contribution in [0.25, 0.3) is 117 Å². The van der Waals surface area contributed by atoms with Gasteiger partial charge in [-0.15, -0.1) is 0 Å². The second-order valence-corrected chi connectivity index (χ2v) is 17.9. The van der Waals surface area contributed by atoms with E-state index in [0.717, 1.165) is 67.6 Å². The molecule has 0 N–H and O–H groups in total. The molecule has 3 aromatic heterocycles. The van der Waals surface area contributed by atoms with Gasteiger partial charge in [-0.1, -0.05) is 151 Å². The quantitative estimate of drug-likeness (QED) is 0.149. The number of fused-ring (bicyclic) bond motifs is 6. The van der Waals surface area contributed by atoms with Gasteiger partial charge in [0.1, 0.15) is 11.2 Å². The molecule has 0 unspecified atom stereocenters. The van der Waals surface area contributed by atoms with Crippen molar-refractivity contribution in [2.75, 3.05) is 0 Å². The molecule has 12 rings (SSSR count). The highest BCUT2D eigenvalue weighted by molar-refractivity contribution is 6.13. The molecule has 0 fully saturated rings. The largest absolute Gasteiger partial charge is 0.455 e. The van der Waals surface area contributed by atoms with Crippen LogP contribution >= 0.6 is 0 Å². The van der Waals surface area contributed by atoms with Crippen LogP contribution in [0.3, 0.4) is 0 Å². The molecule has 0 amide bonds. The summed E-state index contributed by atoms with van der Waals surface area (Å²) in [5.74, 6) is 1.15. The number of rotatable bonds is 7. The highest BCUT2D eigenvalue weighted by Crippen LogP contribution is 2.45. The van der Waals surface area contributed by atoms with Gasteiger partial charge in [0.2, 0.25) is 0 Å². The average Bonchev–Trinajstić information content (AvgIpc) is 3.93. The fourth-order valence-corrected chi connectivity index (χ4v) is 9.90. The molecule has 9 aromatic carbocycles. The zero-order chi connectivity index (χ0) is 49.5. The third-order valence-corrected chi connectivity index (χ3v) is 13.3. The van der Waals surface area contributed by atoms with Gasteiger partial charge in [0.15, 0.2) is 17.5 Å². The average molecular weight is 957 g/mol. The molecular formula is C61H38F6N4O. The zero-order valence-electron chi connectivity index (χ0n) is 38.4. The normalized spacial score (nSPS) is 12.2. The van der Waals surface area contributed by atoms with E-state index in [1.165, 1.54) is 12.1 Å². The van der Waals surface area contributed by atoms with Crippen LogP contribution in [0.2, 0.25) is 0 Å². The maximum atomic E-state index is 14.9. The summed E-state index contributed by atoms with van der Waals surface area (Å²) in [5, 5.41) is 3.39. The molecule has 11 heteroatoms. The SMILES string of the molecule is Cc1ccc(-c2ccc3c4ccc(-c5ccc(C(F)(F)F)cc5C)cc4n(-c4ccc(-c5cccc6c5oc5ccccc56)cc4-c4nc(-c5ccccc5)nc(-c5ccccc5)n4)c3c2)c(C(F)(F)F)c1. The fourth-order valence-electron chi connectivity index (χ4n) is 9.90. The Labute approximate surface area is 408 Å². The smallest absolute Gasteiger partial charge is 0.417 e. The first-order chi connectivity index (χ1) is 34.8. The van der Waals surface area contributed by atoms with Crippen molar-refractivity contribution in [2.45, 2.75) is 26.2 Å². The summed E-state index contributed by atoms with van der Waals surface area (Å²) in [7, 11) is 0. The lowest BCUT2D eigenvalue weighted by molar-refractivity contribution is -0.138. The number of alkyl halides is 6. The monoisotopic (exact) mass is 956 g/mol. The lowest BCUT2D eigenvalue weighted by atomic mass is 9.96. The molecule has 12 aromatic rings.